The number of hydrogen-bond donors (Lipinski definition) is 2. The molecule has 0 saturated heterocycles. The lowest BCUT2D eigenvalue weighted by molar-refractivity contribution is 0.0977. The minimum absolute atomic E-state index is 0.215. The Bertz CT molecular complexity index is 658. The number of rotatable bonds is 2. The Morgan fingerprint density at radius 1 is 1.10 bits per heavy atom. The molecular formula is C15H13BrN2OS. The standard InChI is InChI=1S/C15H13BrN2OS/c1-10-6-2-3-7-11(10)14(19)18-15(20)17-13-9-5-4-8-12(13)16/h2-9H,1H3,(H2,17,18,19,20). The molecule has 2 aromatic carbocycles. The van der Waals surface area contributed by atoms with Gasteiger partial charge in [-0.3, -0.25) is 10.1 Å². The van der Waals surface area contributed by atoms with Gasteiger partial charge in [-0.05, 0) is 58.8 Å². The minimum atomic E-state index is -0.215. The summed E-state index contributed by atoms with van der Waals surface area (Å²) in [6.45, 7) is 1.89. The fourth-order valence-electron chi connectivity index (χ4n) is 1.71. The maximum absolute atomic E-state index is 12.1. The van der Waals surface area contributed by atoms with Gasteiger partial charge in [0.05, 0.1) is 5.69 Å². The van der Waals surface area contributed by atoms with Gasteiger partial charge in [0.25, 0.3) is 5.91 Å². The van der Waals surface area contributed by atoms with E-state index in [1.165, 1.54) is 0 Å². The van der Waals surface area contributed by atoms with Gasteiger partial charge < -0.3 is 5.32 Å². The van der Waals surface area contributed by atoms with E-state index in [2.05, 4.69) is 26.6 Å². The summed E-state index contributed by atoms with van der Waals surface area (Å²) >= 11 is 8.56. The van der Waals surface area contributed by atoms with Gasteiger partial charge in [0.15, 0.2) is 5.11 Å². The molecule has 0 fully saturated rings. The summed E-state index contributed by atoms with van der Waals surface area (Å²) in [5.41, 5.74) is 2.33. The zero-order valence-electron chi connectivity index (χ0n) is 10.8. The Kier molecular flexibility index (Phi) is 4.87. The topological polar surface area (TPSA) is 41.1 Å². The Labute approximate surface area is 131 Å². The summed E-state index contributed by atoms with van der Waals surface area (Å²) in [6.07, 6.45) is 0. The molecule has 2 N–H and O–H groups in total. The molecule has 0 heterocycles. The van der Waals surface area contributed by atoms with Gasteiger partial charge in [-0.25, -0.2) is 0 Å². The van der Waals surface area contributed by atoms with Crippen molar-refractivity contribution in [3.63, 3.8) is 0 Å². The highest BCUT2D eigenvalue weighted by Gasteiger charge is 2.10. The largest absolute Gasteiger partial charge is 0.331 e. The first-order chi connectivity index (χ1) is 9.58. The molecular weight excluding hydrogens is 336 g/mol. The molecule has 0 saturated carbocycles. The highest BCUT2D eigenvalue weighted by Crippen LogP contribution is 2.20. The number of hydrogen-bond acceptors (Lipinski definition) is 2. The quantitative estimate of drug-likeness (QED) is 0.809. The molecule has 2 rings (SSSR count). The average Bonchev–Trinajstić information content (AvgIpc) is 2.41. The summed E-state index contributed by atoms with van der Waals surface area (Å²) < 4.78 is 0.882. The van der Waals surface area contributed by atoms with E-state index in [1.807, 2.05) is 49.4 Å². The Hall–Kier alpha value is -1.72. The van der Waals surface area contributed by atoms with Crippen LogP contribution in [0.4, 0.5) is 5.69 Å². The van der Waals surface area contributed by atoms with E-state index in [0.29, 0.717) is 5.56 Å². The van der Waals surface area contributed by atoms with E-state index in [-0.39, 0.29) is 11.0 Å². The van der Waals surface area contributed by atoms with Crippen LogP contribution in [0.3, 0.4) is 0 Å². The molecule has 0 aliphatic carbocycles. The van der Waals surface area contributed by atoms with Gasteiger partial charge in [-0.15, -0.1) is 0 Å². The van der Waals surface area contributed by atoms with E-state index >= 15 is 0 Å². The third-order valence-electron chi connectivity index (χ3n) is 2.74. The summed E-state index contributed by atoms with van der Waals surface area (Å²) in [4.78, 5) is 12.1. The molecule has 5 heteroatoms. The van der Waals surface area contributed by atoms with Crippen LogP contribution < -0.4 is 10.6 Å². The predicted octanol–water partition coefficient (Wildman–Crippen LogP) is 3.88. The molecule has 0 spiro atoms. The molecule has 3 nitrogen and oxygen atoms in total. The predicted molar refractivity (Wildman–Crippen MR) is 89.0 cm³/mol. The number of carbonyl (C=O) groups is 1. The third kappa shape index (κ3) is 3.65. The number of thiocarbonyl (C=S) groups is 1. The van der Waals surface area contributed by atoms with Crippen molar-refractivity contribution in [1.29, 1.82) is 0 Å². The summed E-state index contributed by atoms with van der Waals surface area (Å²) in [5, 5.41) is 5.92. The van der Waals surface area contributed by atoms with E-state index < -0.39 is 0 Å². The number of para-hydroxylation sites is 1. The van der Waals surface area contributed by atoms with Crippen LogP contribution in [-0.2, 0) is 0 Å². The summed E-state index contributed by atoms with van der Waals surface area (Å²) in [5.74, 6) is -0.215. The number of nitrogens with one attached hydrogen (secondary N) is 2. The van der Waals surface area contributed by atoms with Crippen molar-refractivity contribution in [2.75, 3.05) is 5.32 Å². The Morgan fingerprint density at radius 2 is 1.75 bits per heavy atom. The van der Waals surface area contributed by atoms with Crippen molar-refractivity contribution < 1.29 is 4.79 Å². The van der Waals surface area contributed by atoms with Crippen molar-refractivity contribution in [3.05, 3.63) is 64.1 Å². The van der Waals surface area contributed by atoms with Crippen molar-refractivity contribution >= 4 is 44.9 Å². The number of amides is 1. The van der Waals surface area contributed by atoms with E-state index in [1.54, 1.807) is 6.07 Å². The van der Waals surface area contributed by atoms with Crippen molar-refractivity contribution in [2.24, 2.45) is 0 Å². The average molecular weight is 349 g/mol. The maximum Gasteiger partial charge on any atom is 0.257 e. The summed E-state index contributed by atoms with van der Waals surface area (Å²) in [7, 11) is 0. The van der Waals surface area contributed by atoms with Crippen LogP contribution >= 0.6 is 28.1 Å². The first kappa shape index (κ1) is 14.7. The molecule has 0 unspecified atom stereocenters. The second-order valence-corrected chi connectivity index (χ2v) is 5.47. The number of benzene rings is 2. The molecule has 0 radical (unpaired) electrons. The zero-order chi connectivity index (χ0) is 14.5. The van der Waals surface area contributed by atoms with E-state index in [4.69, 9.17) is 12.2 Å². The Balaban J connectivity index is 2.04. The van der Waals surface area contributed by atoms with Crippen LogP contribution in [0.15, 0.2) is 53.0 Å². The molecule has 0 aliphatic heterocycles. The third-order valence-corrected chi connectivity index (χ3v) is 3.63. The molecule has 2 aromatic rings. The van der Waals surface area contributed by atoms with Crippen LogP contribution in [0.5, 0.6) is 0 Å². The monoisotopic (exact) mass is 348 g/mol. The molecule has 0 aromatic heterocycles. The van der Waals surface area contributed by atoms with Gasteiger partial charge in [-0.2, -0.15) is 0 Å². The maximum atomic E-state index is 12.1. The molecule has 102 valence electrons. The molecule has 0 atom stereocenters. The number of carbonyl (C=O) groups excluding carboxylic acids is 1. The lowest BCUT2D eigenvalue weighted by Gasteiger charge is -2.11. The van der Waals surface area contributed by atoms with E-state index in [0.717, 1.165) is 15.7 Å². The zero-order valence-corrected chi connectivity index (χ0v) is 13.2. The molecule has 1 amide bonds. The second kappa shape index (κ2) is 6.63. The molecule has 20 heavy (non-hydrogen) atoms. The first-order valence-corrected chi connectivity index (χ1v) is 7.20. The van der Waals surface area contributed by atoms with Crippen LogP contribution in [0.25, 0.3) is 0 Å². The van der Waals surface area contributed by atoms with Crippen LogP contribution in [0.1, 0.15) is 15.9 Å². The van der Waals surface area contributed by atoms with Crippen LogP contribution in [0, 0.1) is 6.92 Å². The van der Waals surface area contributed by atoms with Crippen molar-refractivity contribution in [2.45, 2.75) is 6.92 Å². The second-order valence-electron chi connectivity index (χ2n) is 4.20. The lowest BCUT2D eigenvalue weighted by atomic mass is 10.1. The van der Waals surface area contributed by atoms with Crippen molar-refractivity contribution in [1.82, 2.24) is 5.32 Å². The van der Waals surface area contributed by atoms with Crippen molar-refractivity contribution in [3.8, 4) is 0 Å². The van der Waals surface area contributed by atoms with Crippen LogP contribution in [-0.4, -0.2) is 11.0 Å². The van der Waals surface area contributed by atoms with Gasteiger partial charge in [0.2, 0.25) is 0 Å². The van der Waals surface area contributed by atoms with E-state index in [9.17, 15) is 4.79 Å². The SMILES string of the molecule is Cc1ccccc1C(=O)NC(=S)Nc1ccccc1Br. The lowest BCUT2D eigenvalue weighted by Crippen LogP contribution is -2.34. The van der Waals surface area contributed by atoms with Gasteiger partial charge >= 0.3 is 0 Å². The van der Waals surface area contributed by atoms with Gasteiger partial charge in [-0.1, -0.05) is 30.3 Å². The fraction of sp³-hybridized carbons (Fsp3) is 0.0667. The highest BCUT2D eigenvalue weighted by atomic mass is 79.9. The Morgan fingerprint density at radius 3 is 2.45 bits per heavy atom. The number of halogens is 1. The number of aryl methyl sites for hydroxylation is 1. The minimum Gasteiger partial charge on any atom is -0.331 e. The summed E-state index contributed by atoms with van der Waals surface area (Å²) in [6, 6.07) is 14.9. The first-order valence-electron chi connectivity index (χ1n) is 6.00. The van der Waals surface area contributed by atoms with Gasteiger partial charge in [0.1, 0.15) is 0 Å². The fourth-order valence-corrected chi connectivity index (χ4v) is 2.30. The number of anilines is 1. The van der Waals surface area contributed by atoms with Gasteiger partial charge in [0, 0.05) is 10.0 Å². The normalized spacial score (nSPS) is 9.90. The molecule has 0 bridgehead atoms. The highest BCUT2D eigenvalue weighted by molar-refractivity contribution is 9.10. The van der Waals surface area contributed by atoms with Crippen LogP contribution in [0.2, 0.25) is 0 Å². The smallest absolute Gasteiger partial charge is 0.257 e. The molecule has 0 aliphatic rings.